The quantitative estimate of drug-likeness (QED) is 0.577. The summed E-state index contributed by atoms with van der Waals surface area (Å²) in [4.78, 5) is 10.4. The van der Waals surface area contributed by atoms with Crippen LogP contribution in [0.5, 0.6) is 0 Å². The predicted molar refractivity (Wildman–Crippen MR) is 41.6 cm³/mol. The van der Waals surface area contributed by atoms with Crippen molar-refractivity contribution in [2.24, 2.45) is 0 Å². The summed E-state index contributed by atoms with van der Waals surface area (Å²) < 4.78 is 5.00. The van der Waals surface area contributed by atoms with Crippen molar-refractivity contribution >= 4 is 17.1 Å². The summed E-state index contributed by atoms with van der Waals surface area (Å²) in [7, 11) is 0. The Balaban J connectivity index is 2.86. The lowest BCUT2D eigenvalue weighted by atomic mass is 10.2. The Bertz CT molecular complexity index is 387. The third-order valence-electron chi connectivity index (χ3n) is 1.65. The molecule has 0 aliphatic rings. The predicted octanol–water partition coefficient (Wildman–Crippen LogP) is 2.25. The number of fused-ring (bicyclic) bond motifs is 1. The number of benzene rings is 1. The van der Waals surface area contributed by atoms with Crippen LogP contribution in [0.4, 0.5) is 0 Å². The highest BCUT2D eigenvalue weighted by Gasteiger charge is 2.01. The average molecular weight is 146 g/mol. The molecule has 0 saturated carbocycles. The van der Waals surface area contributed by atoms with E-state index in [4.69, 9.17) is 4.42 Å². The molecule has 0 unspecified atom stereocenters. The number of rotatable bonds is 1. The summed E-state index contributed by atoms with van der Waals surface area (Å²) in [5, 5.41) is 1.84. The minimum atomic E-state index is 0.403. The molecule has 0 amide bonds. The van der Waals surface area contributed by atoms with Crippen molar-refractivity contribution in [3.05, 3.63) is 36.3 Å². The smallest absolute Gasteiger partial charge is 0.185 e. The third kappa shape index (κ3) is 0.835. The molecule has 2 rings (SSSR count). The van der Waals surface area contributed by atoms with Crippen molar-refractivity contribution < 1.29 is 9.21 Å². The summed E-state index contributed by atoms with van der Waals surface area (Å²) in [6, 6.07) is 7.56. The molecule has 1 heterocycles. The Labute approximate surface area is 63.4 Å². The fourth-order valence-electron chi connectivity index (χ4n) is 1.11. The first kappa shape index (κ1) is 6.16. The van der Waals surface area contributed by atoms with Gasteiger partial charge in [-0.2, -0.15) is 0 Å². The number of hydrogen-bond acceptors (Lipinski definition) is 2. The van der Waals surface area contributed by atoms with E-state index in [9.17, 15) is 4.79 Å². The second kappa shape index (κ2) is 2.23. The second-order valence-electron chi connectivity index (χ2n) is 2.31. The molecular formula is C9H6O2. The fourth-order valence-corrected chi connectivity index (χ4v) is 1.11. The summed E-state index contributed by atoms with van der Waals surface area (Å²) in [6.45, 7) is 0. The van der Waals surface area contributed by atoms with Crippen LogP contribution in [0, 0.1) is 0 Å². The lowest BCUT2D eigenvalue weighted by molar-refractivity contribution is 0.110. The van der Waals surface area contributed by atoms with Gasteiger partial charge in [0.1, 0.15) is 0 Å². The largest absolute Gasteiger partial charge is 0.460 e. The van der Waals surface area contributed by atoms with Crippen LogP contribution in [0.1, 0.15) is 10.6 Å². The van der Waals surface area contributed by atoms with Gasteiger partial charge in [0.25, 0.3) is 0 Å². The van der Waals surface area contributed by atoms with Crippen LogP contribution in [0.15, 0.2) is 34.9 Å². The lowest BCUT2D eigenvalue weighted by Crippen LogP contribution is -1.72. The summed E-state index contributed by atoms with van der Waals surface area (Å²) in [5.74, 6) is 0.403. The fraction of sp³-hybridized carbons (Fsp3) is 0. The van der Waals surface area contributed by atoms with E-state index >= 15 is 0 Å². The molecule has 0 radical (unpaired) electrons. The first-order valence-corrected chi connectivity index (χ1v) is 3.33. The molecule has 0 aliphatic carbocycles. The molecule has 0 bridgehead atoms. The van der Waals surface area contributed by atoms with Crippen molar-refractivity contribution in [2.45, 2.75) is 0 Å². The SMILES string of the molecule is O=Cc1occ2ccccc12. The van der Waals surface area contributed by atoms with Gasteiger partial charge in [0.15, 0.2) is 12.0 Å². The molecule has 0 fully saturated rings. The van der Waals surface area contributed by atoms with Crippen LogP contribution in [-0.2, 0) is 0 Å². The van der Waals surface area contributed by atoms with Crippen molar-refractivity contribution in [1.82, 2.24) is 0 Å². The summed E-state index contributed by atoms with van der Waals surface area (Å²) in [6.07, 6.45) is 2.31. The maximum absolute atomic E-state index is 10.4. The Hall–Kier alpha value is -1.57. The molecule has 11 heavy (non-hydrogen) atoms. The van der Waals surface area contributed by atoms with Gasteiger partial charge in [0.2, 0.25) is 0 Å². The Kier molecular flexibility index (Phi) is 1.25. The maximum atomic E-state index is 10.4. The molecule has 0 saturated heterocycles. The first-order chi connectivity index (χ1) is 5.42. The summed E-state index contributed by atoms with van der Waals surface area (Å²) >= 11 is 0. The highest BCUT2D eigenvalue weighted by atomic mass is 16.3. The van der Waals surface area contributed by atoms with Crippen LogP contribution >= 0.6 is 0 Å². The highest BCUT2D eigenvalue weighted by molar-refractivity contribution is 5.95. The zero-order chi connectivity index (χ0) is 7.68. The van der Waals surface area contributed by atoms with Gasteiger partial charge in [0, 0.05) is 10.8 Å². The van der Waals surface area contributed by atoms with E-state index in [0.29, 0.717) is 5.76 Å². The number of carbonyl (C=O) groups excluding carboxylic acids is 1. The Morgan fingerprint density at radius 3 is 2.91 bits per heavy atom. The van der Waals surface area contributed by atoms with Crippen molar-refractivity contribution in [3.8, 4) is 0 Å². The van der Waals surface area contributed by atoms with Gasteiger partial charge in [0.05, 0.1) is 6.26 Å². The van der Waals surface area contributed by atoms with Gasteiger partial charge in [-0.1, -0.05) is 24.3 Å². The van der Waals surface area contributed by atoms with Gasteiger partial charge in [-0.25, -0.2) is 0 Å². The molecule has 0 atom stereocenters. The van der Waals surface area contributed by atoms with E-state index in [0.717, 1.165) is 17.1 Å². The van der Waals surface area contributed by atoms with Gasteiger partial charge in [-0.05, 0) is 0 Å². The zero-order valence-corrected chi connectivity index (χ0v) is 5.78. The molecule has 0 aliphatic heterocycles. The third-order valence-corrected chi connectivity index (χ3v) is 1.65. The topological polar surface area (TPSA) is 30.2 Å². The van der Waals surface area contributed by atoms with Gasteiger partial charge < -0.3 is 4.42 Å². The highest BCUT2D eigenvalue weighted by Crippen LogP contribution is 2.18. The van der Waals surface area contributed by atoms with E-state index < -0.39 is 0 Å². The van der Waals surface area contributed by atoms with Crippen molar-refractivity contribution in [1.29, 1.82) is 0 Å². The van der Waals surface area contributed by atoms with E-state index in [-0.39, 0.29) is 0 Å². The average Bonchev–Trinajstić information content (AvgIpc) is 2.47. The van der Waals surface area contributed by atoms with Crippen LogP contribution in [0.3, 0.4) is 0 Å². The minimum Gasteiger partial charge on any atom is -0.460 e. The second-order valence-corrected chi connectivity index (χ2v) is 2.31. The minimum absolute atomic E-state index is 0.403. The van der Waals surface area contributed by atoms with Gasteiger partial charge in [-0.15, -0.1) is 0 Å². The molecular weight excluding hydrogens is 140 g/mol. The van der Waals surface area contributed by atoms with Gasteiger partial charge in [-0.3, -0.25) is 4.79 Å². The lowest BCUT2D eigenvalue weighted by Gasteiger charge is -1.84. The van der Waals surface area contributed by atoms with Gasteiger partial charge >= 0.3 is 0 Å². The molecule has 2 heteroatoms. The van der Waals surface area contributed by atoms with Crippen LogP contribution < -0.4 is 0 Å². The van der Waals surface area contributed by atoms with Crippen LogP contribution in [0.25, 0.3) is 10.8 Å². The number of aldehydes is 1. The monoisotopic (exact) mass is 146 g/mol. The standard InChI is InChI=1S/C9H6O2/c10-5-9-8-4-2-1-3-7(8)6-11-9/h1-6H. The Morgan fingerprint density at radius 2 is 2.09 bits per heavy atom. The van der Waals surface area contributed by atoms with E-state index in [2.05, 4.69) is 0 Å². The molecule has 2 aromatic rings. The van der Waals surface area contributed by atoms with E-state index in [1.165, 1.54) is 0 Å². The number of furan rings is 1. The number of hydrogen-bond donors (Lipinski definition) is 0. The molecule has 0 spiro atoms. The zero-order valence-electron chi connectivity index (χ0n) is 5.78. The molecule has 0 N–H and O–H groups in total. The summed E-state index contributed by atoms with van der Waals surface area (Å²) in [5.41, 5.74) is 0. The Morgan fingerprint density at radius 1 is 1.27 bits per heavy atom. The van der Waals surface area contributed by atoms with Crippen molar-refractivity contribution in [2.75, 3.05) is 0 Å². The molecule has 1 aromatic carbocycles. The normalized spacial score (nSPS) is 10.2. The van der Waals surface area contributed by atoms with E-state index in [1.54, 1.807) is 6.26 Å². The van der Waals surface area contributed by atoms with Crippen LogP contribution in [0.2, 0.25) is 0 Å². The maximum Gasteiger partial charge on any atom is 0.185 e. The first-order valence-electron chi connectivity index (χ1n) is 3.33. The van der Waals surface area contributed by atoms with E-state index in [1.807, 2.05) is 24.3 Å². The molecule has 2 nitrogen and oxygen atoms in total. The number of carbonyl (C=O) groups is 1. The molecule has 1 aromatic heterocycles. The van der Waals surface area contributed by atoms with Crippen molar-refractivity contribution in [3.63, 3.8) is 0 Å². The molecule has 54 valence electrons. The van der Waals surface area contributed by atoms with Crippen LogP contribution in [-0.4, -0.2) is 6.29 Å².